The van der Waals surface area contributed by atoms with Gasteiger partial charge in [0, 0.05) is 51.2 Å². The molecule has 3 heterocycles. The van der Waals surface area contributed by atoms with Gasteiger partial charge in [0.1, 0.15) is 35.8 Å². The molecule has 3 aliphatic heterocycles. The number of fused-ring (bicyclic) bond motifs is 1. The number of carbonyl (C=O) groups is 2. The summed E-state index contributed by atoms with van der Waals surface area (Å²) in [6.07, 6.45) is -8.58. The summed E-state index contributed by atoms with van der Waals surface area (Å²) < 4.78 is 43.5. The largest absolute Gasteiger partial charge is 0.497 e. The molecule has 2 aromatic carbocycles. The van der Waals surface area contributed by atoms with Crippen molar-refractivity contribution in [3.63, 3.8) is 0 Å². The number of nitrogens with one attached hydrogen (secondary N) is 1. The van der Waals surface area contributed by atoms with Crippen LogP contribution in [-0.2, 0) is 38.0 Å². The lowest BCUT2D eigenvalue weighted by Crippen LogP contribution is -2.60. The van der Waals surface area contributed by atoms with Gasteiger partial charge in [0.05, 0.1) is 54.6 Å². The summed E-state index contributed by atoms with van der Waals surface area (Å²) in [6.45, 7) is 20.5. The van der Waals surface area contributed by atoms with Crippen LogP contribution in [0.25, 0.3) is 10.8 Å². The number of ether oxygens (including phenoxy) is 7. The first-order valence-corrected chi connectivity index (χ1v) is 25.8. The van der Waals surface area contributed by atoms with Gasteiger partial charge in [-0.1, -0.05) is 45.0 Å². The molecule has 1 amide bonds. The first-order valence-electron chi connectivity index (χ1n) is 25.8. The van der Waals surface area contributed by atoms with Gasteiger partial charge in [0.25, 0.3) is 0 Å². The fraction of sp³-hybridized carbons (Fsp3) is 0.778. The van der Waals surface area contributed by atoms with Gasteiger partial charge in [-0.25, -0.2) is 0 Å². The van der Waals surface area contributed by atoms with Crippen molar-refractivity contribution in [1.82, 2.24) is 15.1 Å². The second kappa shape index (κ2) is 24.5. The lowest BCUT2D eigenvalue weighted by Gasteiger charge is -2.48. The van der Waals surface area contributed by atoms with Gasteiger partial charge in [0.2, 0.25) is 5.91 Å². The Hall–Kier alpha value is -3.04. The normalized spacial score (nSPS) is 39.8. The van der Waals surface area contributed by atoms with Crippen LogP contribution in [0.5, 0.6) is 5.75 Å². The molecule has 5 rings (SSSR count). The topological polar surface area (TPSA) is 218 Å². The molecule has 0 saturated carbocycles. The minimum atomic E-state index is -1.93. The van der Waals surface area contributed by atoms with Crippen molar-refractivity contribution >= 4 is 22.6 Å². The fourth-order valence-corrected chi connectivity index (χ4v) is 11.3. The molecule has 0 bridgehead atoms. The van der Waals surface area contributed by atoms with E-state index in [-0.39, 0.29) is 43.2 Å². The average Bonchev–Trinajstić information content (AvgIpc) is 3.32. The molecule has 6 N–H and O–H groups in total. The highest BCUT2D eigenvalue weighted by Crippen LogP contribution is 2.40. The zero-order chi connectivity index (χ0) is 52.9. The van der Waals surface area contributed by atoms with E-state index in [1.54, 1.807) is 41.7 Å². The minimum Gasteiger partial charge on any atom is -0.497 e. The van der Waals surface area contributed by atoms with E-state index in [1.807, 2.05) is 94.9 Å². The van der Waals surface area contributed by atoms with Crippen LogP contribution in [-0.4, -0.2) is 185 Å². The average molecular weight is 1000 g/mol. The van der Waals surface area contributed by atoms with Gasteiger partial charge < -0.3 is 68.9 Å². The maximum atomic E-state index is 14.6. The molecule has 17 nitrogen and oxygen atoms in total. The van der Waals surface area contributed by atoms with Crippen molar-refractivity contribution in [2.75, 3.05) is 47.9 Å². The number of hydrogen-bond donors (Lipinski definition) is 6. The van der Waals surface area contributed by atoms with E-state index in [4.69, 9.17) is 33.2 Å². The Kier molecular flexibility index (Phi) is 20.3. The third kappa shape index (κ3) is 13.8. The first kappa shape index (κ1) is 58.8. The predicted molar refractivity (Wildman–Crippen MR) is 270 cm³/mol. The Bertz CT molecular complexity index is 2040. The zero-order valence-corrected chi connectivity index (χ0v) is 45.2. The highest BCUT2D eigenvalue weighted by Gasteiger charge is 2.53. The fourth-order valence-electron chi connectivity index (χ4n) is 11.3. The van der Waals surface area contributed by atoms with Crippen molar-refractivity contribution in [2.45, 2.75) is 204 Å². The van der Waals surface area contributed by atoms with Crippen LogP contribution in [0.2, 0.25) is 0 Å². The molecule has 404 valence electrons. The summed E-state index contributed by atoms with van der Waals surface area (Å²) in [5.74, 6) is -2.69. The van der Waals surface area contributed by atoms with Crippen molar-refractivity contribution in [3.8, 4) is 5.75 Å². The smallest absolute Gasteiger partial charge is 0.311 e. The summed E-state index contributed by atoms with van der Waals surface area (Å²) in [5, 5.41) is 65.3. The third-order valence-electron chi connectivity index (χ3n) is 15.9. The number of likely N-dealkylation sites (N-methyl/N-ethyl adjacent to an activating group) is 1. The number of carbonyl (C=O) groups excluding carboxylic acids is 2. The lowest BCUT2D eigenvalue weighted by molar-refractivity contribution is -0.318. The van der Waals surface area contributed by atoms with Crippen LogP contribution < -0.4 is 10.1 Å². The number of aliphatic hydroxyl groups excluding tert-OH is 3. The van der Waals surface area contributed by atoms with Crippen LogP contribution in [0.3, 0.4) is 0 Å². The summed E-state index contributed by atoms with van der Waals surface area (Å²) in [6, 6.07) is 10.8. The molecule has 1 unspecified atom stereocenters. The molecule has 71 heavy (non-hydrogen) atoms. The second-order valence-electron chi connectivity index (χ2n) is 22.1. The van der Waals surface area contributed by atoms with Crippen LogP contribution >= 0.6 is 0 Å². The Labute approximate surface area is 422 Å². The maximum absolute atomic E-state index is 14.6. The van der Waals surface area contributed by atoms with Crippen LogP contribution in [0, 0.1) is 17.8 Å². The van der Waals surface area contributed by atoms with E-state index in [0.717, 1.165) is 22.1 Å². The number of amides is 1. The molecule has 3 aliphatic rings. The Morgan fingerprint density at radius 3 is 2.23 bits per heavy atom. The number of aliphatic hydroxyl groups is 5. The summed E-state index contributed by atoms with van der Waals surface area (Å²) >= 11 is 0. The molecule has 19 atom stereocenters. The summed E-state index contributed by atoms with van der Waals surface area (Å²) in [7, 11) is 6.89. The van der Waals surface area contributed by atoms with Gasteiger partial charge in [-0.2, -0.15) is 0 Å². The van der Waals surface area contributed by atoms with Crippen LogP contribution in [0.4, 0.5) is 0 Å². The van der Waals surface area contributed by atoms with E-state index in [0.29, 0.717) is 32.5 Å². The SMILES string of the molecule is CC[C@H]1OC(=O)[C@H](C)[C@@H](O[C@H]2C[C@@](C)(OC)[C@@H](O)[C@H](C)O2)[C@H](C)[C@@H](O[C@@H]2O[C@H](C)C[C@H](N(C)C)[C@H]2O)[C@](C)(O)C[C@@H](C)CN(CCCNC(=O)C(C)c2ccc3cc(OC)ccc3c2)[C@H](C)[C@@H](O)[C@]1(C)O. The van der Waals surface area contributed by atoms with E-state index in [2.05, 4.69) is 5.32 Å². The van der Waals surface area contributed by atoms with E-state index >= 15 is 0 Å². The second-order valence-corrected chi connectivity index (χ2v) is 22.1. The molecule has 0 aromatic heterocycles. The number of rotatable bonds is 14. The zero-order valence-electron chi connectivity index (χ0n) is 45.2. The Morgan fingerprint density at radius 2 is 1.59 bits per heavy atom. The number of cyclic esters (lactones) is 1. The monoisotopic (exact) mass is 1000 g/mol. The number of methoxy groups -OCH3 is 2. The van der Waals surface area contributed by atoms with Gasteiger partial charge in [-0.3, -0.25) is 14.5 Å². The number of esters is 1. The first-order chi connectivity index (χ1) is 33.2. The van der Waals surface area contributed by atoms with Crippen LogP contribution in [0.15, 0.2) is 36.4 Å². The molecule has 17 heteroatoms. The third-order valence-corrected chi connectivity index (χ3v) is 15.9. The highest BCUT2D eigenvalue weighted by molar-refractivity contribution is 5.88. The predicted octanol–water partition coefficient (Wildman–Crippen LogP) is 4.74. The van der Waals surface area contributed by atoms with E-state index < -0.39 is 102 Å². The molecular weight excluding hydrogens is 915 g/mol. The number of nitrogens with zero attached hydrogens (tertiary/aromatic N) is 2. The minimum absolute atomic E-state index is 0.0983. The van der Waals surface area contributed by atoms with Gasteiger partial charge in [-0.15, -0.1) is 0 Å². The van der Waals surface area contributed by atoms with Crippen molar-refractivity contribution < 1.29 is 68.3 Å². The van der Waals surface area contributed by atoms with Gasteiger partial charge in [0.15, 0.2) is 12.6 Å². The van der Waals surface area contributed by atoms with Crippen molar-refractivity contribution in [1.29, 1.82) is 0 Å². The molecule has 0 aliphatic carbocycles. The Balaban J connectivity index is 1.47. The van der Waals surface area contributed by atoms with E-state index in [1.165, 1.54) is 14.0 Å². The summed E-state index contributed by atoms with van der Waals surface area (Å²) in [5.41, 5.74) is -3.77. The van der Waals surface area contributed by atoms with Gasteiger partial charge in [-0.05, 0) is 130 Å². The highest BCUT2D eigenvalue weighted by atomic mass is 16.7. The van der Waals surface area contributed by atoms with Crippen LogP contribution in [0.1, 0.15) is 120 Å². The molecular formula is C54H89N3O14. The van der Waals surface area contributed by atoms with Gasteiger partial charge >= 0.3 is 5.97 Å². The molecule has 2 aromatic rings. The summed E-state index contributed by atoms with van der Waals surface area (Å²) in [4.78, 5) is 32.1. The van der Waals surface area contributed by atoms with Crippen molar-refractivity contribution in [3.05, 3.63) is 42.0 Å². The van der Waals surface area contributed by atoms with E-state index in [9.17, 15) is 35.1 Å². The molecule has 0 spiro atoms. The molecule has 3 saturated heterocycles. The van der Waals surface area contributed by atoms with Crippen molar-refractivity contribution in [2.24, 2.45) is 17.8 Å². The lowest BCUT2D eigenvalue weighted by atomic mass is 9.77. The Morgan fingerprint density at radius 1 is 0.930 bits per heavy atom. The number of benzene rings is 2. The quantitative estimate of drug-likeness (QED) is 0.111. The molecule has 3 fully saturated rings. The molecule has 0 radical (unpaired) electrons. The standard InChI is InChI=1S/C54H89N3O14/c1-16-42-54(11,64)46(59)35(7)57(23-17-22-55-49(61)32(4)37-18-19-39-26-40(65-14)21-20-38(39)25-37)29-30(2)27-52(9,63)48(71-51-44(58)41(56(12)13)24-31(3)67-51)33(5)45(34(6)50(62)69-42)70-43-28-53(10,66-15)47(60)36(8)68-43/h18-21,25-26,30-36,41-48,51,58-60,63-64H,16-17,22-24,27-29H2,1-15H3,(H,55,61)/t30-,31-,32?,33+,34-,35-,36+,41+,42-,43+,44-,45+,46-,47+,48-,51+,52-,53-,54-/m1/s1. The maximum Gasteiger partial charge on any atom is 0.311 e. The number of hydrogen-bond acceptors (Lipinski definition) is 16.